The summed E-state index contributed by atoms with van der Waals surface area (Å²) in [5, 5.41) is 29.0. The third-order valence-corrected chi connectivity index (χ3v) is 8.12. The quantitative estimate of drug-likeness (QED) is 0.173. The van der Waals surface area contributed by atoms with Crippen molar-refractivity contribution in [3.63, 3.8) is 0 Å². The lowest BCUT2D eigenvalue weighted by Crippen LogP contribution is -2.52. The van der Waals surface area contributed by atoms with Crippen LogP contribution in [0.15, 0.2) is 48.8 Å². The molecule has 17 heteroatoms. The topological polar surface area (TPSA) is 202 Å². The minimum atomic E-state index is -1.21. The molecule has 2 aliphatic rings. The van der Waals surface area contributed by atoms with Gasteiger partial charge in [0.15, 0.2) is 0 Å². The molecular formula is C31H38ClN9O7. The van der Waals surface area contributed by atoms with Crippen LogP contribution in [0.5, 0.6) is 0 Å². The van der Waals surface area contributed by atoms with Crippen LogP contribution in [0.2, 0.25) is 5.02 Å². The van der Waals surface area contributed by atoms with Gasteiger partial charge in [-0.05, 0) is 79.9 Å². The summed E-state index contributed by atoms with van der Waals surface area (Å²) in [5.74, 6) is -2.82. The fraction of sp³-hybridized carbons (Fsp3) is 0.452. The van der Waals surface area contributed by atoms with E-state index in [0.717, 1.165) is 0 Å². The van der Waals surface area contributed by atoms with Crippen LogP contribution >= 0.6 is 11.6 Å². The van der Waals surface area contributed by atoms with Crippen molar-refractivity contribution in [2.45, 2.75) is 69.8 Å². The third-order valence-electron chi connectivity index (χ3n) is 7.88. The Morgan fingerprint density at radius 1 is 1.08 bits per heavy atom. The van der Waals surface area contributed by atoms with Gasteiger partial charge in [-0.1, -0.05) is 23.7 Å². The van der Waals surface area contributed by atoms with Crippen LogP contribution in [0.3, 0.4) is 0 Å². The van der Waals surface area contributed by atoms with Crippen LogP contribution in [-0.2, 0) is 30.4 Å². The fourth-order valence-electron chi connectivity index (χ4n) is 5.41. The molecule has 2 aromatic carbocycles. The number of amides is 5. The number of tetrazole rings is 1. The van der Waals surface area contributed by atoms with Gasteiger partial charge in [0.1, 0.15) is 12.4 Å². The highest BCUT2D eigenvalue weighted by Crippen LogP contribution is 2.36. The first-order valence-corrected chi connectivity index (χ1v) is 15.8. The van der Waals surface area contributed by atoms with Gasteiger partial charge in [0.2, 0.25) is 0 Å². The molecule has 0 bridgehead atoms. The van der Waals surface area contributed by atoms with E-state index in [-0.39, 0.29) is 23.7 Å². The Kier molecular flexibility index (Phi) is 10.6. The molecule has 16 nitrogen and oxygen atoms in total. The number of nitrogens with zero attached hydrogens (tertiary/aromatic N) is 5. The van der Waals surface area contributed by atoms with Crippen molar-refractivity contribution in [2.24, 2.45) is 0 Å². The Hall–Kier alpha value is -4.64. The maximum atomic E-state index is 13.2. The van der Waals surface area contributed by atoms with E-state index in [2.05, 4.69) is 37.0 Å². The van der Waals surface area contributed by atoms with Gasteiger partial charge in [0, 0.05) is 36.6 Å². The molecular weight excluding hydrogens is 646 g/mol. The van der Waals surface area contributed by atoms with Crippen molar-refractivity contribution in [3.8, 4) is 5.69 Å². The van der Waals surface area contributed by atoms with Crippen LogP contribution in [-0.4, -0.2) is 97.0 Å². The van der Waals surface area contributed by atoms with Gasteiger partial charge in [-0.3, -0.25) is 19.2 Å². The first-order chi connectivity index (χ1) is 22.8. The Bertz CT molecular complexity index is 1620. The largest absolute Gasteiger partial charge is 0.391 e. The van der Waals surface area contributed by atoms with Gasteiger partial charge >= 0.3 is 17.8 Å². The maximum absolute atomic E-state index is 13.2. The van der Waals surface area contributed by atoms with Gasteiger partial charge in [0.25, 0.3) is 5.91 Å². The normalized spacial score (nSPS) is 17.9. The lowest BCUT2D eigenvalue weighted by molar-refractivity contribution is -0.149. The van der Waals surface area contributed by atoms with E-state index in [1.54, 1.807) is 62.1 Å². The summed E-state index contributed by atoms with van der Waals surface area (Å²) in [4.78, 5) is 59.2. The number of hydrogen-bond donors (Lipinski definition) is 5. The number of rotatable bonds is 8. The molecule has 5 N–H and O–H groups in total. The van der Waals surface area contributed by atoms with Crippen molar-refractivity contribution in [1.29, 1.82) is 0 Å². The number of nitrogens with one attached hydrogen (secondary N) is 4. The van der Waals surface area contributed by atoms with E-state index in [1.165, 1.54) is 17.1 Å². The van der Waals surface area contributed by atoms with Crippen molar-refractivity contribution in [3.05, 3.63) is 59.4 Å². The average molecular weight is 684 g/mol. The zero-order chi connectivity index (χ0) is 34.5. The number of ether oxygens (including phenoxy) is 1. The highest BCUT2D eigenvalue weighted by molar-refractivity contribution is 6.40. The van der Waals surface area contributed by atoms with Crippen molar-refractivity contribution >= 4 is 46.7 Å². The monoisotopic (exact) mass is 683 g/mol. The summed E-state index contributed by atoms with van der Waals surface area (Å²) in [6.07, 6.45) is 2.74. The molecule has 3 heterocycles. The summed E-state index contributed by atoms with van der Waals surface area (Å²) in [7, 11) is 0. The fourth-order valence-corrected chi connectivity index (χ4v) is 5.59. The van der Waals surface area contributed by atoms with E-state index < -0.39 is 35.5 Å². The molecule has 1 aromatic heterocycles. The number of piperidine rings is 1. The summed E-state index contributed by atoms with van der Waals surface area (Å²) in [6.45, 7) is 6.56. The first-order valence-electron chi connectivity index (χ1n) is 15.4. The number of carbonyl (C=O) groups excluding carboxylic acids is 4. The summed E-state index contributed by atoms with van der Waals surface area (Å²) in [6, 6.07) is 9.89. The second-order valence-corrected chi connectivity index (χ2v) is 13.2. The zero-order valence-corrected chi connectivity index (χ0v) is 27.5. The average Bonchev–Trinajstić information content (AvgIpc) is 3.70. The molecule has 1 unspecified atom stereocenters. The van der Waals surface area contributed by atoms with Crippen molar-refractivity contribution in [1.82, 2.24) is 35.9 Å². The van der Waals surface area contributed by atoms with E-state index in [1.807, 2.05) is 0 Å². The molecule has 0 saturated carbocycles. The maximum Gasteiger partial charge on any atom is 0.321 e. The number of benzene rings is 2. The van der Waals surface area contributed by atoms with Crippen molar-refractivity contribution < 1.29 is 33.9 Å². The molecule has 2 saturated heterocycles. The Morgan fingerprint density at radius 3 is 2.44 bits per heavy atom. The molecule has 48 heavy (non-hydrogen) atoms. The molecule has 0 aliphatic carbocycles. The smallest absolute Gasteiger partial charge is 0.321 e. The van der Waals surface area contributed by atoms with Gasteiger partial charge in [-0.15, -0.1) is 5.10 Å². The van der Waals surface area contributed by atoms with E-state index in [4.69, 9.17) is 21.2 Å². The second kappa shape index (κ2) is 14.6. The Labute approximate surface area is 281 Å². The SMILES string of the molecule is CC(C)(C)ONC(=O)[C@H](Cc1ccc(NC(=O)N2CCC3(CC2)CC(O)CO3)cc1)NC(=O)C(=O)Nc1cc(Cl)ccc1-n1cnnn1. The molecule has 2 fully saturated rings. The molecule has 5 rings (SSSR count). The number of hydroxylamine groups is 1. The minimum Gasteiger partial charge on any atom is -0.391 e. The number of anilines is 2. The van der Waals surface area contributed by atoms with Gasteiger partial charge in [0.05, 0.1) is 35.3 Å². The van der Waals surface area contributed by atoms with Gasteiger partial charge in [-0.2, -0.15) is 4.68 Å². The number of aromatic nitrogens is 4. The molecule has 0 radical (unpaired) electrons. The molecule has 5 amide bonds. The predicted molar refractivity (Wildman–Crippen MR) is 173 cm³/mol. The van der Waals surface area contributed by atoms with E-state index >= 15 is 0 Å². The number of aliphatic hydroxyl groups excluding tert-OH is 1. The van der Waals surface area contributed by atoms with E-state index in [0.29, 0.717) is 60.9 Å². The highest BCUT2D eigenvalue weighted by Gasteiger charge is 2.43. The van der Waals surface area contributed by atoms with Gasteiger partial charge < -0.3 is 30.7 Å². The molecule has 2 atom stereocenters. The van der Waals surface area contributed by atoms with Crippen molar-refractivity contribution in [2.75, 3.05) is 30.3 Å². The number of halogens is 1. The van der Waals surface area contributed by atoms with Gasteiger partial charge in [-0.25, -0.2) is 10.3 Å². The summed E-state index contributed by atoms with van der Waals surface area (Å²) < 4.78 is 7.10. The predicted octanol–water partition coefficient (Wildman–Crippen LogP) is 1.98. The van der Waals surface area contributed by atoms with E-state index in [9.17, 15) is 24.3 Å². The zero-order valence-electron chi connectivity index (χ0n) is 26.7. The first kappa shape index (κ1) is 34.7. The lowest BCUT2D eigenvalue weighted by Gasteiger charge is -2.38. The minimum absolute atomic E-state index is 0.000315. The number of aliphatic hydroxyl groups is 1. The van der Waals surface area contributed by atoms with Crippen LogP contribution in [0.1, 0.15) is 45.6 Å². The highest BCUT2D eigenvalue weighted by atomic mass is 35.5. The van der Waals surface area contributed by atoms with Crippen LogP contribution in [0.4, 0.5) is 16.2 Å². The van der Waals surface area contributed by atoms with Crippen LogP contribution < -0.4 is 21.4 Å². The molecule has 3 aromatic rings. The molecule has 1 spiro atoms. The second-order valence-electron chi connectivity index (χ2n) is 12.7. The number of likely N-dealkylation sites (tertiary alicyclic amines) is 1. The standard InChI is InChI=1S/C31H38ClN9O7/c1-30(2,3)48-37-26(43)24(36-28(45)27(44)35-23-15-20(32)6-9-25(23)41-18-33-38-39-41)14-19-4-7-21(8-5-19)34-29(46)40-12-10-31(11-13-40)16-22(42)17-47-31/h4-9,15,18,22,24,42H,10-14,16-17H2,1-3H3,(H,34,46)(H,35,44)(H,36,45)(H,37,43)/t22?,24-/m0/s1. The molecule has 2 aliphatic heterocycles. The van der Waals surface area contributed by atoms with Crippen LogP contribution in [0, 0.1) is 0 Å². The third kappa shape index (κ3) is 9.03. The number of urea groups is 1. The summed E-state index contributed by atoms with van der Waals surface area (Å²) >= 11 is 6.12. The number of carbonyl (C=O) groups is 4. The lowest BCUT2D eigenvalue weighted by atomic mass is 9.88. The molecule has 256 valence electrons. The van der Waals surface area contributed by atoms with Crippen LogP contribution in [0.25, 0.3) is 5.69 Å². The Morgan fingerprint density at radius 2 is 1.81 bits per heavy atom. The Balaban J connectivity index is 1.21. The summed E-state index contributed by atoms with van der Waals surface area (Å²) in [5.41, 5.74) is 2.97. The number of hydrogen-bond acceptors (Lipinski definition) is 10.